The van der Waals surface area contributed by atoms with Crippen LogP contribution in [0.15, 0.2) is 0 Å². The summed E-state index contributed by atoms with van der Waals surface area (Å²) in [6, 6.07) is 0. The standard InChI is InChI=1S/C5H9F3O/c1-3(2)4(9)5(6,7)8/h3-4,9H,1-2H3/t4-/m1/s1. The van der Waals surface area contributed by atoms with Crippen LogP contribution in [0.25, 0.3) is 0 Å². The topological polar surface area (TPSA) is 20.2 Å². The first kappa shape index (κ1) is 8.75. The van der Waals surface area contributed by atoms with Crippen LogP contribution in [-0.2, 0) is 0 Å². The van der Waals surface area contributed by atoms with Gasteiger partial charge in [0.2, 0.25) is 0 Å². The van der Waals surface area contributed by atoms with Gasteiger partial charge in [0.1, 0.15) is 0 Å². The monoisotopic (exact) mass is 142 g/mol. The lowest BCUT2D eigenvalue weighted by Crippen LogP contribution is -2.33. The van der Waals surface area contributed by atoms with E-state index >= 15 is 0 Å². The zero-order valence-electron chi connectivity index (χ0n) is 5.24. The van der Waals surface area contributed by atoms with E-state index in [4.69, 9.17) is 5.11 Å². The third-order valence-electron chi connectivity index (χ3n) is 0.967. The molecule has 0 bridgehead atoms. The molecule has 0 aromatic rings. The normalized spacial score (nSPS) is 16.3. The molecule has 0 aromatic heterocycles. The quantitative estimate of drug-likeness (QED) is 0.589. The Bertz CT molecular complexity index is 86.7. The molecule has 0 unspecified atom stereocenters. The Morgan fingerprint density at radius 3 is 1.56 bits per heavy atom. The second-order valence-electron chi connectivity index (χ2n) is 2.23. The van der Waals surface area contributed by atoms with E-state index < -0.39 is 18.2 Å². The van der Waals surface area contributed by atoms with Gasteiger partial charge < -0.3 is 5.11 Å². The number of aliphatic hydroxyl groups excluding tert-OH is 1. The fraction of sp³-hybridized carbons (Fsp3) is 1.00. The molecule has 0 fully saturated rings. The summed E-state index contributed by atoms with van der Waals surface area (Å²) in [7, 11) is 0. The predicted octanol–water partition coefficient (Wildman–Crippen LogP) is 1.57. The Kier molecular flexibility index (Phi) is 2.49. The zero-order chi connectivity index (χ0) is 7.65. The summed E-state index contributed by atoms with van der Waals surface area (Å²) in [6.07, 6.45) is -6.65. The molecule has 0 aromatic carbocycles. The smallest absolute Gasteiger partial charge is 0.383 e. The van der Waals surface area contributed by atoms with Gasteiger partial charge in [0.05, 0.1) is 0 Å². The van der Waals surface area contributed by atoms with Crippen LogP contribution in [0.3, 0.4) is 0 Å². The maximum absolute atomic E-state index is 11.4. The molecule has 0 amide bonds. The molecule has 0 spiro atoms. The van der Waals surface area contributed by atoms with Crippen molar-refractivity contribution < 1.29 is 18.3 Å². The summed E-state index contributed by atoms with van der Waals surface area (Å²) in [5.74, 6) is -0.759. The lowest BCUT2D eigenvalue weighted by atomic mass is 10.1. The van der Waals surface area contributed by atoms with E-state index in [0.717, 1.165) is 0 Å². The molecular formula is C5H9F3O. The van der Waals surface area contributed by atoms with Crippen molar-refractivity contribution in [3.8, 4) is 0 Å². The molecule has 56 valence electrons. The van der Waals surface area contributed by atoms with Crippen molar-refractivity contribution in [2.24, 2.45) is 5.92 Å². The Labute approximate surface area is 51.5 Å². The number of aliphatic hydroxyl groups is 1. The van der Waals surface area contributed by atoms with Crippen molar-refractivity contribution in [1.29, 1.82) is 0 Å². The van der Waals surface area contributed by atoms with Crippen molar-refractivity contribution in [2.45, 2.75) is 26.1 Å². The lowest BCUT2D eigenvalue weighted by molar-refractivity contribution is -0.215. The van der Waals surface area contributed by atoms with E-state index in [9.17, 15) is 13.2 Å². The summed E-state index contributed by atoms with van der Waals surface area (Å²) in [5, 5.41) is 8.34. The van der Waals surface area contributed by atoms with Crippen LogP contribution in [0.5, 0.6) is 0 Å². The zero-order valence-corrected chi connectivity index (χ0v) is 5.24. The van der Waals surface area contributed by atoms with E-state index in [0.29, 0.717) is 0 Å². The molecule has 1 atom stereocenters. The summed E-state index contributed by atoms with van der Waals surface area (Å²) in [4.78, 5) is 0. The minimum absolute atomic E-state index is 0.759. The Balaban J connectivity index is 3.88. The molecule has 9 heavy (non-hydrogen) atoms. The van der Waals surface area contributed by atoms with E-state index in [1.807, 2.05) is 0 Å². The van der Waals surface area contributed by atoms with Crippen molar-refractivity contribution in [1.82, 2.24) is 0 Å². The van der Waals surface area contributed by atoms with Crippen molar-refractivity contribution in [3.05, 3.63) is 0 Å². The molecule has 0 heterocycles. The number of hydrogen-bond donors (Lipinski definition) is 1. The SMILES string of the molecule is CC(C)[C@@H](O)C(F)(F)F. The Hall–Kier alpha value is -0.250. The third kappa shape index (κ3) is 2.70. The molecule has 0 aliphatic rings. The number of halogens is 3. The largest absolute Gasteiger partial charge is 0.414 e. The molecule has 1 nitrogen and oxygen atoms in total. The van der Waals surface area contributed by atoms with Gasteiger partial charge in [-0.15, -0.1) is 0 Å². The van der Waals surface area contributed by atoms with Gasteiger partial charge in [0, 0.05) is 0 Å². The fourth-order valence-electron chi connectivity index (χ4n) is 0.378. The van der Waals surface area contributed by atoms with Crippen LogP contribution in [0.1, 0.15) is 13.8 Å². The van der Waals surface area contributed by atoms with Gasteiger partial charge in [-0.2, -0.15) is 13.2 Å². The average molecular weight is 142 g/mol. The van der Waals surface area contributed by atoms with Gasteiger partial charge >= 0.3 is 6.18 Å². The molecule has 0 rings (SSSR count). The van der Waals surface area contributed by atoms with Crippen LogP contribution in [0, 0.1) is 5.92 Å². The maximum Gasteiger partial charge on any atom is 0.414 e. The van der Waals surface area contributed by atoms with Crippen LogP contribution < -0.4 is 0 Å². The molecule has 0 aliphatic carbocycles. The minimum Gasteiger partial charge on any atom is -0.383 e. The highest BCUT2D eigenvalue weighted by Crippen LogP contribution is 2.24. The van der Waals surface area contributed by atoms with E-state index in [1.165, 1.54) is 13.8 Å². The van der Waals surface area contributed by atoms with Gasteiger partial charge in [-0.05, 0) is 5.92 Å². The highest BCUT2D eigenvalue weighted by atomic mass is 19.4. The Morgan fingerprint density at radius 2 is 1.56 bits per heavy atom. The van der Waals surface area contributed by atoms with Gasteiger partial charge in [-0.1, -0.05) is 13.8 Å². The summed E-state index contributed by atoms with van der Waals surface area (Å²) >= 11 is 0. The first-order chi connectivity index (χ1) is 3.85. The van der Waals surface area contributed by atoms with E-state index in [1.54, 1.807) is 0 Å². The summed E-state index contributed by atoms with van der Waals surface area (Å²) in [5.41, 5.74) is 0. The number of rotatable bonds is 1. The summed E-state index contributed by atoms with van der Waals surface area (Å²) in [6.45, 7) is 2.64. The van der Waals surface area contributed by atoms with Crippen molar-refractivity contribution in [3.63, 3.8) is 0 Å². The minimum atomic E-state index is -4.46. The molecular weight excluding hydrogens is 133 g/mol. The van der Waals surface area contributed by atoms with Gasteiger partial charge in [-0.3, -0.25) is 0 Å². The second kappa shape index (κ2) is 2.56. The first-order valence-corrected chi connectivity index (χ1v) is 2.60. The third-order valence-corrected chi connectivity index (χ3v) is 0.967. The number of alkyl halides is 3. The van der Waals surface area contributed by atoms with E-state index in [-0.39, 0.29) is 0 Å². The molecule has 0 saturated heterocycles. The molecule has 0 radical (unpaired) electrons. The fourth-order valence-corrected chi connectivity index (χ4v) is 0.378. The van der Waals surface area contributed by atoms with Gasteiger partial charge in [-0.25, -0.2) is 0 Å². The Morgan fingerprint density at radius 1 is 1.22 bits per heavy atom. The average Bonchev–Trinajstić information content (AvgIpc) is 1.62. The second-order valence-corrected chi connectivity index (χ2v) is 2.23. The van der Waals surface area contributed by atoms with E-state index in [2.05, 4.69) is 0 Å². The van der Waals surface area contributed by atoms with Crippen molar-refractivity contribution in [2.75, 3.05) is 0 Å². The maximum atomic E-state index is 11.4. The highest BCUT2D eigenvalue weighted by molar-refractivity contribution is 4.67. The van der Waals surface area contributed by atoms with Gasteiger partial charge in [0.25, 0.3) is 0 Å². The molecule has 1 N–H and O–H groups in total. The van der Waals surface area contributed by atoms with Crippen LogP contribution in [0.2, 0.25) is 0 Å². The van der Waals surface area contributed by atoms with Crippen LogP contribution >= 0.6 is 0 Å². The molecule has 0 saturated carbocycles. The summed E-state index contributed by atoms with van der Waals surface area (Å²) < 4.78 is 34.3. The first-order valence-electron chi connectivity index (χ1n) is 2.60. The molecule has 0 aliphatic heterocycles. The highest BCUT2D eigenvalue weighted by Gasteiger charge is 2.39. The van der Waals surface area contributed by atoms with Crippen LogP contribution in [-0.4, -0.2) is 17.4 Å². The van der Waals surface area contributed by atoms with Crippen LogP contribution in [0.4, 0.5) is 13.2 Å². The van der Waals surface area contributed by atoms with Crippen molar-refractivity contribution >= 4 is 0 Å². The predicted molar refractivity (Wildman–Crippen MR) is 26.9 cm³/mol. The van der Waals surface area contributed by atoms with Gasteiger partial charge in [0.15, 0.2) is 6.10 Å². The molecule has 4 heteroatoms. The number of hydrogen-bond acceptors (Lipinski definition) is 1. The lowest BCUT2D eigenvalue weighted by Gasteiger charge is -2.16.